The zero-order valence-electron chi connectivity index (χ0n) is 7.91. The summed E-state index contributed by atoms with van der Waals surface area (Å²) in [5.41, 5.74) is 1.42. The van der Waals surface area contributed by atoms with Gasteiger partial charge in [-0.1, -0.05) is 6.07 Å². The molecular weight excluding hydrogens is 166 g/mol. The number of rotatable bonds is 4. The molecule has 0 radical (unpaired) electrons. The third kappa shape index (κ3) is 2.95. The van der Waals surface area contributed by atoms with E-state index in [-0.39, 0.29) is 5.78 Å². The third-order valence-corrected chi connectivity index (χ3v) is 1.73. The van der Waals surface area contributed by atoms with Gasteiger partial charge in [0.05, 0.1) is 6.61 Å². The van der Waals surface area contributed by atoms with Crippen LogP contribution >= 0.6 is 0 Å². The van der Waals surface area contributed by atoms with Crippen LogP contribution in [0.5, 0.6) is 0 Å². The zero-order valence-corrected chi connectivity index (χ0v) is 7.91. The number of ketones is 1. The van der Waals surface area contributed by atoms with Crippen LogP contribution in [0.3, 0.4) is 0 Å². The summed E-state index contributed by atoms with van der Waals surface area (Å²) in [6.07, 6.45) is 0.748. The molecule has 0 amide bonds. The van der Waals surface area contributed by atoms with Crippen LogP contribution in [0, 0.1) is 0 Å². The highest BCUT2D eigenvalue weighted by atomic mass is 16.5. The van der Waals surface area contributed by atoms with Crippen LogP contribution in [0.1, 0.15) is 23.1 Å². The van der Waals surface area contributed by atoms with Gasteiger partial charge in [-0.05, 0) is 12.1 Å². The summed E-state index contributed by atoms with van der Waals surface area (Å²) in [7, 11) is 1.65. The van der Waals surface area contributed by atoms with E-state index in [9.17, 15) is 4.79 Å². The van der Waals surface area contributed by atoms with Crippen molar-refractivity contribution in [2.24, 2.45) is 0 Å². The van der Waals surface area contributed by atoms with Gasteiger partial charge in [-0.3, -0.25) is 4.79 Å². The largest absolute Gasteiger partial charge is 0.384 e. The molecule has 1 rings (SSSR count). The smallest absolute Gasteiger partial charge is 0.178 e. The number of carbonyl (C=O) groups is 1. The molecule has 1 aromatic rings. The number of aromatic nitrogens is 1. The molecular formula is C10H13NO2. The van der Waals surface area contributed by atoms with Gasteiger partial charge in [0.1, 0.15) is 5.69 Å². The number of pyridine rings is 1. The summed E-state index contributed by atoms with van der Waals surface area (Å²) in [6.45, 7) is 2.15. The second kappa shape index (κ2) is 4.72. The topological polar surface area (TPSA) is 39.2 Å². The highest BCUT2D eigenvalue weighted by molar-refractivity contribution is 5.92. The first-order valence-corrected chi connectivity index (χ1v) is 4.20. The van der Waals surface area contributed by atoms with Crippen LogP contribution in [-0.4, -0.2) is 24.5 Å². The second-order valence-corrected chi connectivity index (χ2v) is 2.81. The van der Waals surface area contributed by atoms with Crippen LogP contribution in [0.15, 0.2) is 18.2 Å². The van der Waals surface area contributed by atoms with Crippen LogP contribution in [0.2, 0.25) is 0 Å². The van der Waals surface area contributed by atoms with Crippen molar-refractivity contribution >= 4 is 5.78 Å². The molecule has 0 aliphatic rings. The van der Waals surface area contributed by atoms with Gasteiger partial charge in [0.15, 0.2) is 5.78 Å². The molecule has 1 heterocycles. The Bertz CT molecular complexity index is 297. The van der Waals surface area contributed by atoms with E-state index in [1.54, 1.807) is 13.2 Å². The molecule has 3 nitrogen and oxygen atoms in total. The Hall–Kier alpha value is -1.22. The van der Waals surface area contributed by atoms with Crippen molar-refractivity contribution in [3.05, 3.63) is 29.6 Å². The minimum Gasteiger partial charge on any atom is -0.384 e. The van der Waals surface area contributed by atoms with E-state index in [1.807, 2.05) is 12.1 Å². The monoisotopic (exact) mass is 179 g/mol. The van der Waals surface area contributed by atoms with Crippen molar-refractivity contribution in [2.45, 2.75) is 13.3 Å². The quantitative estimate of drug-likeness (QED) is 0.657. The van der Waals surface area contributed by atoms with Crippen LogP contribution < -0.4 is 0 Å². The SMILES string of the molecule is COCCc1cccc(C(C)=O)n1. The Morgan fingerprint density at radius 1 is 1.54 bits per heavy atom. The maximum Gasteiger partial charge on any atom is 0.178 e. The Balaban J connectivity index is 2.73. The first kappa shape index (κ1) is 9.86. The zero-order chi connectivity index (χ0) is 9.68. The molecule has 0 spiro atoms. The summed E-state index contributed by atoms with van der Waals surface area (Å²) in [4.78, 5) is 15.2. The van der Waals surface area contributed by atoms with Crippen molar-refractivity contribution < 1.29 is 9.53 Å². The molecule has 0 aromatic carbocycles. The molecule has 3 heteroatoms. The molecule has 1 aromatic heterocycles. The molecule has 0 atom stereocenters. The summed E-state index contributed by atoms with van der Waals surface area (Å²) < 4.78 is 4.92. The first-order valence-electron chi connectivity index (χ1n) is 4.20. The predicted molar refractivity (Wildman–Crippen MR) is 49.8 cm³/mol. The molecule has 0 saturated carbocycles. The van der Waals surface area contributed by atoms with E-state index in [4.69, 9.17) is 4.74 Å². The number of carbonyl (C=O) groups excluding carboxylic acids is 1. The number of nitrogens with zero attached hydrogens (tertiary/aromatic N) is 1. The summed E-state index contributed by atoms with van der Waals surface area (Å²) in [5, 5.41) is 0. The van der Waals surface area contributed by atoms with Crippen molar-refractivity contribution in [1.29, 1.82) is 0 Å². The van der Waals surface area contributed by atoms with Gasteiger partial charge in [0.2, 0.25) is 0 Å². The fourth-order valence-electron chi connectivity index (χ4n) is 1.02. The highest BCUT2D eigenvalue weighted by Gasteiger charge is 2.01. The average Bonchev–Trinajstić information content (AvgIpc) is 2.15. The first-order chi connectivity index (χ1) is 6.24. The van der Waals surface area contributed by atoms with Crippen molar-refractivity contribution in [1.82, 2.24) is 4.98 Å². The molecule has 70 valence electrons. The molecule has 13 heavy (non-hydrogen) atoms. The van der Waals surface area contributed by atoms with Gasteiger partial charge >= 0.3 is 0 Å². The lowest BCUT2D eigenvalue weighted by molar-refractivity contribution is 0.101. The second-order valence-electron chi connectivity index (χ2n) is 2.81. The molecule has 0 fully saturated rings. The molecule has 0 unspecified atom stereocenters. The summed E-state index contributed by atoms with van der Waals surface area (Å²) in [5.74, 6) is -0.000679. The van der Waals surface area contributed by atoms with E-state index < -0.39 is 0 Å². The number of ether oxygens (including phenoxy) is 1. The van der Waals surface area contributed by atoms with Crippen LogP contribution in [0.25, 0.3) is 0 Å². The molecule has 0 saturated heterocycles. The Labute approximate surface area is 77.8 Å². The number of Topliss-reactive ketones (excluding diaryl/α,β-unsaturated/α-hetero) is 1. The van der Waals surface area contributed by atoms with Gasteiger partial charge in [-0.2, -0.15) is 0 Å². The van der Waals surface area contributed by atoms with Gasteiger partial charge in [0.25, 0.3) is 0 Å². The standard InChI is InChI=1S/C10H13NO2/c1-8(12)10-5-3-4-9(11-10)6-7-13-2/h3-5H,6-7H2,1-2H3. The lowest BCUT2D eigenvalue weighted by Gasteiger charge is -2.00. The van der Waals surface area contributed by atoms with Crippen molar-refractivity contribution in [3.63, 3.8) is 0 Å². The fraction of sp³-hybridized carbons (Fsp3) is 0.400. The van der Waals surface area contributed by atoms with E-state index in [2.05, 4.69) is 4.98 Å². The Morgan fingerprint density at radius 3 is 2.92 bits per heavy atom. The maximum atomic E-state index is 11.0. The van der Waals surface area contributed by atoms with E-state index in [0.29, 0.717) is 12.3 Å². The minimum atomic E-state index is -0.000679. The van der Waals surface area contributed by atoms with E-state index in [1.165, 1.54) is 6.92 Å². The Morgan fingerprint density at radius 2 is 2.31 bits per heavy atom. The van der Waals surface area contributed by atoms with Crippen molar-refractivity contribution in [3.8, 4) is 0 Å². The molecule has 0 N–H and O–H groups in total. The minimum absolute atomic E-state index is 0.000679. The van der Waals surface area contributed by atoms with Gasteiger partial charge in [-0.15, -0.1) is 0 Å². The van der Waals surface area contributed by atoms with Gasteiger partial charge in [-0.25, -0.2) is 4.98 Å². The average molecular weight is 179 g/mol. The van der Waals surface area contributed by atoms with E-state index in [0.717, 1.165) is 12.1 Å². The fourth-order valence-corrected chi connectivity index (χ4v) is 1.02. The van der Waals surface area contributed by atoms with Gasteiger partial charge < -0.3 is 4.74 Å². The number of hydrogen-bond donors (Lipinski definition) is 0. The van der Waals surface area contributed by atoms with Crippen LogP contribution in [-0.2, 0) is 11.2 Å². The number of hydrogen-bond acceptors (Lipinski definition) is 3. The van der Waals surface area contributed by atoms with E-state index >= 15 is 0 Å². The maximum absolute atomic E-state index is 11.0. The van der Waals surface area contributed by atoms with Crippen molar-refractivity contribution in [2.75, 3.05) is 13.7 Å². The summed E-state index contributed by atoms with van der Waals surface area (Å²) >= 11 is 0. The normalized spacial score (nSPS) is 10.0. The third-order valence-electron chi connectivity index (χ3n) is 1.73. The lowest BCUT2D eigenvalue weighted by atomic mass is 10.2. The van der Waals surface area contributed by atoms with Crippen LogP contribution in [0.4, 0.5) is 0 Å². The highest BCUT2D eigenvalue weighted by Crippen LogP contribution is 2.01. The predicted octanol–water partition coefficient (Wildman–Crippen LogP) is 1.47. The van der Waals surface area contributed by atoms with Gasteiger partial charge in [0, 0.05) is 26.1 Å². The number of methoxy groups -OCH3 is 1. The lowest BCUT2D eigenvalue weighted by Crippen LogP contribution is -2.02. The summed E-state index contributed by atoms with van der Waals surface area (Å²) in [6, 6.07) is 5.46. The molecule has 0 aliphatic carbocycles. The molecule has 0 bridgehead atoms. The Kier molecular flexibility index (Phi) is 3.58. The molecule has 0 aliphatic heterocycles.